The Balaban J connectivity index is 4.05. The zero-order valence-electron chi connectivity index (χ0n) is 9.42. The van der Waals surface area contributed by atoms with E-state index in [9.17, 15) is 4.79 Å². The van der Waals surface area contributed by atoms with Gasteiger partial charge in [0.15, 0.2) is 5.78 Å². The van der Waals surface area contributed by atoms with E-state index in [-0.39, 0.29) is 12.4 Å². The van der Waals surface area contributed by atoms with Crippen LogP contribution in [0.4, 0.5) is 0 Å². The molecule has 0 heterocycles. The Morgan fingerprint density at radius 3 is 2.43 bits per heavy atom. The van der Waals surface area contributed by atoms with E-state index in [1.165, 1.54) is 0 Å². The first kappa shape index (κ1) is 13.2. The molecule has 0 radical (unpaired) electrons. The summed E-state index contributed by atoms with van der Waals surface area (Å²) in [5.41, 5.74) is 1.01. The molecule has 0 aromatic heterocycles. The number of aliphatic hydroxyl groups excluding tert-OH is 1. The zero-order chi connectivity index (χ0) is 11.0. The van der Waals surface area contributed by atoms with Gasteiger partial charge < -0.3 is 10.0 Å². The highest BCUT2D eigenvalue weighted by Gasteiger charge is 2.02. The Kier molecular flexibility index (Phi) is 7.11. The minimum Gasteiger partial charge on any atom is -0.396 e. The van der Waals surface area contributed by atoms with Gasteiger partial charge in [0.2, 0.25) is 0 Å². The van der Waals surface area contributed by atoms with Gasteiger partial charge in [-0.3, -0.25) is 4.79 Å². The standard InChI is InChI=1S/C11H21NO2/c1-4-12(7-5-6-8-13)10(2)9-11(3)14/h9,13H,4-8H2,1-3H3/b10-9-. The second-order valence-electron chi connectivity index (χ2n) is 3.41. The summed E-state index contributed by atoms with van der Waals surface area (Å²) in [6.45, 7) is 7.63. The number of unbranched alkanes of at least 4 members (excludes halogenated alkanes) is 1. The Morgan fingerprint density at radius 2 is 2.00 bits per heavy atom. The van der Waals surface area contributed by atoms with Crippen LogP contribution in [0.15, 0.2) is 11.8 Å². The summed E-state index contributed by atoms with van der Waals surface area (Å²) in [4.78, 5) is 13.0. The van der Waals surface area contributed by atoms with Crippen molar-refractivity contribution in [1.82, 2.24) is 4.90 Å². The molecule has 1 N–H and O–H groups in total. The quantitative estimate of drug-likeness (QED) is 0.500. The van der Waals surface area contributed by atoms with Crippen LogP contribution in [0.5, 0.6) is 0 Å². The van der Waals surface area contributed by atoms with E-state index >= 15 is 0 Å². The first-order valence-electron chi connectivity index (χ1n) is 5.16. The first-order chi connectivity index (χ1) is 6.61. The topological polar surface area (TPSA) is 40.5 Å². The Bertz CT molecular complexity index is 199. The molecule has 0 aromatic carbocycles. The average molecular weight is 199 g/mol. The van der Waals surface area contributed by atoms with Crippen molar-refractivity contribution >= 4 is 5.78 Å². The number of aliphatic hydroxyl groups is 1. The maximum atomic E-state index is 10.9. The Labute approximate surface area is 86.4 Å². The SMILES string of the molecule is CCN(CCCCO)/C(C)=C\C(C)=O. The van der Waals surface area contributed by atoms with Crippen molar-refractivity contribution in [2.75, 3.05) is 19.7 Å². The molecule has 0 saturated carbocycles. The Morgan fingerprint density at radius 1 is 1.36 bits per heavy atom. The molecule has 0 unspecified atom stereocenters. The fourth-order valence-corrected chi connectivity index (χ4v) is 1.38. The fraction of sp³-hybridized carbons (Fsp3) is 0.727. The molecule has 0 aromatic rings. The van der Waals surface area contributed by atoms with Gasteiger partial charge >= 0.3 is 0 Å². The number of hydrogen-bond acceptors (Lipinski definition) is 3. The van der Waals surface area contributed by atoms with Crippen molar-refractivity contribution in [2.45, 2.75) is 33.6 Å². The zero-order valence-corrected chi connectivity index (χ0v) is 9.42. The molecule has 0 aliphatic heterocycles. The van der Waals surface area contributed by atoms with Gasteiger partial charge in [-0.05, 0) is 39.7 Å². The average Bonchev–Trinajstić information content (AvgIpc) is 2.11. The van der Waals surface area contributed by atoms with E-state index in [0.717, 1.165) is 31.6 Å². The maximum absolute atomic E-state index is 10.9. The number of carbonyl (C=O) groups excluding carboxylic acids is 1. The van der Waals surface area contributed by atoms with Crippen LogP contribution in [0.3, 0.4) is 0 Å². The molecule has 0 bridgehead atoms. The van der Waals surface area contributed by atoms with Crippen LogP contribution < -0.4 is 0 Å². The highest BCUT2D eigenvalue weighted by molar-refractivity contribution is 5.87. The summed E-state index contributed by atoms with van der Waals surface area (Å²) in [6.07, 6.45) is 3.44. The minimum absolute atomic E-state index is 0.0862. The fourth-order valence-electron chi connectivity index (χ4n) is 1.38. The van der Waals surface area contributed by atoms with Crippen molar-refractivity contribution in [3.8, 4) is 0 Å². The van der Waals surface area contributed by atoms with E-state index in [1.807, 2.05) is 6.92 Å². The van der Waals surface area contributed by atoms with E-state index in [4.69, 9.17) is 5.11 Å². The summed E-state index contributed by atoms with van der Waals surface area (Å²) in [5, 5.41) is 8.65. The van der Waals surface area contributed by atoms with E-state index in [0.29, 0.717) is 0 Å². The number of hydrogen-bond donors (Lipinski definition) is 1. The number of nitrogens with zero attached hydrogens (tertiary/aromatic N) is 1. The van der Waals surface area contributed by atoms with Gasteiger partial charge in [0.1, 0.15) is 0 Å². The van der Waals surface area contributed by atoms with E-state index < -0.39 is 0 Å². The summed E-state index contributed by atoms with van der Waals surface area (Å²) >= 11 is 0. The lowest BCUT2D eigenvalue weighted by molar-refractivity contribution is -0.112. The monoisotopic (exact) mass is 199 g/mol. The molecule has 3 nitrogen and oxygen atoms in total. The number of rotatable bonds is 7. The van der Waals surface area contributed by atoms with Crippen molar-refractivity contribution in [3.63, 3.8) is 0 Å². The summed E-state index contributed by atoms with van der Waals surface area (Å²) < 4.78 is 0. The van der Waals surface area contributed by atoms with Crippen LogP contribution in [-0.4, -0.2) is 35.5 Å². The number of carbonyl (C=O) groups is 1. The summed E-state index contributed by atoms with van der Waals surface area (Å²) in [7, 11) is 0. The van der Waals surface area contributed by atoms with Gasteiger partial charge in [-0.15, -0.1) is 0 Å². The lowest BCUT2D eigenvalue weighted by Gasteiger charge is -2.23. The van der Waals surface area contributed by atoms with Crippen molar-refractivity contribution < 1.29 is 9.90 Å². The van der Waals surface area contributed by atoms with Crippen LogP contribution in [0.1, 0.15) is 33.6 Å². The normalized spacial score (nSPS) is 11.6. The number of allylic oxidation sites excluding steroid dienone is 2. The molecule has 0 aliphatic rings. The highest BCUT2D eigenvalue weighted by Crippen LogP contribution is 2.05. The third kappa shape index (κ3) is 5.75. The van der Waals surface area contributed by atoms with Crippen LogP contribution in [0.25, 0.3) is 0 Å². The van der Waals surface area contributed by atoms with E-state index in [1.54, 1.807) is 13.0 Å². The molecular weight excluding hydrogens is 178 g/mol. The molecule has 14 heavy (non-hydrogen) atoms. The van der Waals surface area contributed by atoms with Gasteiger partial charge in [0.25, 0.3) is 0 Å². The van der Waals surface area contributed by atoms with Crippen LogP contribution >= 0.6 is 0 Å². The maximum Gasteiger partial charge on any atom is 0.154 e. The second kappa shape index (κ2) is 7.56. The Hall–Kier alpha value is -0.830. The van der Waals surface area contributed by atoms with E-state index in [2.05, 4.69) is 11.8 Å². The van der Waals surface area contributed by atoms with Gasteiger partial charge in [-0.2, -0.15) is 0 Å². The van der Waals surface area contributed by atoms with Gasteiger partial charge in [0, 0.05) is 25.4 Å². The molecule has 82 valence electrons. The summed E-state index contributed by atoms with van der Waals surface area (Å²) in [5.74, 6) is 0.0862. The van der Waals surface area contributed by atoms with Crippen LogP contribution in [-0.2, 0) is 4.79 Å². The third-order valence-electron chi connectivity index (χ3n) is 2.13. The molecule has 0 rings (SSSR count). The lowest BCUT2D eigenvalue weighted by Crippen LogP contribution is -2.23. The minimum atomic E-state index is 0.0862. The largest absolute Gasteiger partial charge is 0.396 e. The van der Waals surface area contributed by atoms with Crippen molar-refractivity contribution in [3.05, 3.63) is 11.8 Å². The van der Waals surface area contributed by atoms with Crippen molar-refractivity contribution in [2.24, 2.45) is 0 Å². The molecule has 0 fully saturated rings. The van der Waals surface area contributed by atoms with Gasteiger partial charge in [0.05, 0.1) is 0 Å². The van der Waals surface area contributed by atoms with Crippen LogP contribution in [0, 0.1) is 0 Å². The molecule has 0 saturated heterocycles. The lowest BCUT2D eigenvalue weighted by atomic mass is 10.2. The second-order valence-corrected chi connectivity index (χ2v) is 3.41. The molecule has 3 heteroatoms. The molecule has 0 amide bonds. The number of ketones is 1. The van der Waals surface area contributed by atoms with Gasteiger partial charge in [-0.25, -0.2) is 0 Å². The molecule has 0 atom stereocenters. The molecular formula is C11H21NO2. The predicted molar refractivity (Wildman–Crippen MR) is 58.0 cm³/mol. The molecule has 0 aliphatic carbocycles. The first-order valence-corrected chi connectivity index (χ1v) is 5.16. The van der Waals surface area contributed by atoms with Crippen LogP contribution in [0.2, 0.25) is 0 Å². The molecule has 0 spiro atoms. The van der Waals surface area contributed by atoms with Crippen molar-refractivity contribution in [1.29, 1.82) is 0 Å². The highest BCUT2D eigenvalue weighted by atomic mass is 16.2. The van der Waals surface area contributed by atoms with Gasteiger partial charge in [-0.1, -0.05) is 0 Å². The third-order valence-corrected chi connectivity index (χ3v) is 2.13. The predicted octanol–water partition coefficient (Wildman–Crippen LogP) is 1.57. The summed E-state index contributed by atoms with van der Waals surface area (Å²) in [6, 6.07) is 0. The smallest absolute Gasteiger partial charge is 0.154 e.